The molecule has 0 aliphatic rings. The molecule has 1 heterocycles. The van der Waals surface area contributed by atoms with Crippen molar-refractivity contribution in [2.75, 3.05) is 17.9 Å². The Bertz CT molecular complexity index is 368. The van der Waals surface area contributed by atoms with Gasteiger partial charge in [0.25, 0.3) is 0 Å². The molecule has 1 amide bonds. The van der Waals surface area contributed by atoms with Crippen molar-refractivity contribution in [2.24, 2.45) is 0 Å². The third-order valence-electron chi connectivity index (χ3n) is 2.65. The quantitative estimate of drug-likeness (QED) is 0.609. The smallest absolute Gasteiger partial charge is 0.244 e. The van der Waals surface area contributed by atoms with Crippen LogP contribution in [0.25, 0.3) is 0 Å². The van der Waals surface area contributed by atoms with Crippen LogP contribution < -0.4 is 4.90 Å². The van der Waals surface area contributed by atoms with Crippen LogP contribution in [-0.4, -0.2) is 25.1 Å². The van der Waals surface area contributed by atoms with E-state index in [9.17, 15) is 4.79 Å². The zero-order valence-corrected chi connectivity index (χ0v) is 12.2. The molecule has 1 aromatic heterocycles. The number of thiophene rings is 1. The van der Waals surface area contributed by atoms with Crippen molar-refractivity contribution in [2.45, 2.75) is 33.4 Å². The van der Waals surface area contributed by atoms with E-state index in [1.165, 1.54) is 0 Å². The summed E-state index contributed by atoms with van der Waals surface area (Å²) in [6.07, 6.45) is 0.474. The molecule has 96 valence electrons. The van der Waals surface area contributed by atoms with E-state index in [0.717, 1.165) is 22.5 Å². The molecule has 17 heavy (non-hydrogen) atoms. The summed E-state index contributed by atoms with van der Waals surface area (Å²) < 4.78 is 5.37. The molecule has 0 spiro atoms. The topological polar surface area (TPSA) is 29.5 Å². The summed E-state index contributed by atoms with van der Waals surface area (Å²) in [7, 11) is 1.61. The molecular weight excluding hydrogens is 258 g/mol. The van der Waals surface area contributed by atoms with E-state index in [-0.39, 0.29) is 18.0 Å². The van der Waals surface area contributed by atoms with Crippen molar-refractivity contribution in [3.05, 3.63) is 15.8 Å². The second-order valence-electron chi connectivity index (χ2n) is 3.82. The lowest BCUT2D eigenvalue weighted by Gasteiger charge is -2.30. The summed E-state index contributed by atoms with van der Waals surface area (Å²) in [6.45, 7) is 5.99. The van der Waals surface area contributed by atoms with Gasteiger partial charge in [0.2, 0.25) is 5.91 Å². The summed E-state index contributed by atoms with van der Waals surface area (Å²) in [6, 6.07) is 0. The minimum Gasteiger partial charge on any atom is -0.361 e. The van der Waals surface area contributed by atoms with Crippen LogP contribution in [0.1, 0.15) is 23.8 Å². The molecule has 5 heteroatoms. The number of aryl methyl sites for hydroxylation is 2. The Labute approximate surface area is 111 Å². The molecule has 3 nitrogen and oxygen atoms in total. The third-order valence-corrected chi connectivity index (χ3v) is 3.90. The Morgan fingerprint density at radius 1 is 1.59 bits per heavy atom. The van der Waals surface area contributed by atoms with Crippen LogP contribution in [0.3, 0.4) is 0 Å². The highest BCUT2D eigenvalue weighted by Gasteiger charge is 2.26. The van der Waals surface area contributed by atoms with Gasteiger partial charge in [0.05, 0.1) is 5.69 Å². The summed E-state index contributed by atoms with van der Waals surface area (Å²) in [4.78, 5) is 14.8. The van der Waals surface area contributed by atoms with Gasteiger partial charge in [0.15, 0.2) is 0 Å². The van der Waals surface area contributed by atoms with Gasteiger partial charge in [-0.15, -0.1) is 22.9 Å². The van der Waals surface area contributed by atoms with E-state index in [2.05, 4.69) is 0 Å². The predicted molar refractivity (Wildman–Crippen MR) is 73.1 cm³/mol. The molecule has 0 N–H and O–H groups in total. The predicted octanol–water partition coefficient (Wildman–Crippen LogP) is 3.32. The summed E-state index contributed by atoms with van der Waals surface area (Å²) in [5.74, 6) is -0.154. The molecule has 1 rings (SSSR count). The monoisotopic (exact) mass is 275 g/mol. The number of anilines is 1. The molecule has 0 aliphatic heterocycles. The normalized spacial score (nSPS) is 12.5. The minimum atomic E-state index is -0.256. The SMILES string of the molecule is CCC(OC)N(C(=O)CCl)c1c(C)csc1C. The van der Waals surface area contributed by atoms with Gasteiger partial charge in [-0.2, -0.15) is 0 Å². The number of nitrogens with zero attached hydrogens (tertiary/aromatic N) is 1. The van der Waals surface area contributed by atoms with Crippen molar-refractivity contribution in [1.82, 2.24) is 0 Å². The van der Waals surface area contributed by atoms with Gasteiger partial charge in [0.1, 0.15) is 12.1 Å². The van der Waals surface area contributed by atoms with Gasteiger partial charge in [0, 0.05) is 12.0 Å². The molecule has 0 saturated heterocycles. The number of carbonyl (C=O) groups is 1. The number of carbonyl (C=O) groups excluding carboxylic acids is 1. The number of amides is 1. The molecule has 0 radical (unpaired) electrons. The van der Waals surface area contributed by atoms with Crippen molar-refractivity contribution in [1.29, 1.82) is 0 Å². The Morgan fingerprint density at radius 3 is 2.59 bits per heavy atom. The summed E-state index contributed by atoms with van der Waals surface area (Å²) in [5.41, 5.74) is 2.02. The number of rotatable bonds is 5. The highest BCUT2D eigenvalue weighted by molar-refractivity contribution is 7.10. The van der Waals surface area contributed by atoms with E-state index in [1.54, 1.807) is 23.3 Å². The Hall–Kier alpha value is -0.580. The van der Waals surface area contributed by atoms with Gasteiger partial charge in [-0.3, -0.25) is 9.69 Å². The average molecular weight is 276 g/mol. The third kappa shape index (κ3) is 3.00. The van der Waals surface area contributed by atoms with E-state index in [1.807, 2.05) is 26.2 Å². The van der Waals surface area contributed by atoms with Gasteiger partial charge in [-0.05, 0) is 31.2 Å². The lowest BCUT2D eigenvalue weighted by Crippen LogP contribution is -2.42. The molecule has 1 aromatic rings. The van der Waals surface area contributed by atoms with Crippen LogP contribution in [0.4, 0.5) is 5.69 Å². The van der Waals surface area contributed by atoms with E-state index >= 15 is 0 Å². The van der Waals surface area contributed by atoms with Crippen molar-refractivity contribution in [3.63, 3.8) is 0 Å². The molecule has 1 atom stereocenters. The summed E-state index contributed by atoms with van der Waals surface area (Å²) in [5, 5.41) is 2.04. The number of hydrogen-bond acceptors (Lipinski definition) is 3. The lowest BCUT2D eigenvalue weighted by atomic mass is 10.2. The second kappa shape index (κ2) is 6.38. The van der Waals surface area contributed by atoms with Gasteiger partial charge >= 0.3 is 0 Å². The molecule has 0 saturated carbocycles. The number of ether oxygens (including phenoxy) is 1. The molecule has 0 bridgehead atoms. The molecule has 1 unspecified atom stereocenters. The second-order valence-corrected chi connectivity index (χ2v) is 5.17. The largest absolute Gasteiger partial charge is 0.361 e. The Kier molecular flexibility index (Phi) is 5.43. The first-order valence-corrected chi connectivity index (χ1v) is 6.93. The zero-order chi connectivity index (χ0) is 13.0. The van der Waals surface area contributed by atoms with Crippen molar-refractivity contribution in [3.8, 4) is 0 Å². The standard InChI is InChI=1S/C12H18ClNO2S/c1-5-11(16-4)14(10(15)6-13)12-8(2)7-17-9(12)3/h7,11H,5-6H2,1-4H3. The van der Waals surface area contributed by atoms with Crippen LogP contribution in [0, 0.1) is 13.8 Å². The van der Waals surface area contributed by atoms with Gasteiger partial charge in [-0.25, -0.2) is 0 Å². The van der Waals surface area contributed by atoms with Gasteiger partial charge < -0.3 is 4.74 Å². The van der Waals surface area contributed by atoms with E-state index in [0.29, 0.717) is 0 Å². The first-order valence-electron chi connectivity index (χ1n) is 5.52. The maximum absolute atomic E-state index is 12.0. The van der Waals surface area contributed by atoms with E-state index < -0.39 is 0 Å². The minimum absolute atomic E-state index is 0.0331. The first-order chi connectivity index (χ1) is 8.06. The number of alkyl halides is 1. The van der Waals surface area contributed by atoms with Crippen LogP contribution in [0.15, 0.2) is 5.38 Å². The summed E-state index contributed by atoms with van der Waals surface area (Å²) >= 11 is 7.32. The fraction of sp³-hybridized carbons (Fsp3) is 0.583. The van der Waals surface area contributed by atoms with Gasteiger partial charge in [-0.1, -0.05) is 6.92 Å². The highest BCUT2D eigenvalue weighted by Crippen LogP contribution is 2.32. The maximum Gasteiger partial charge on any atom is 0.244 e. The average Bonchev–Trinajstić information content (AvgIpc) is 2.65. The zero-order valence-electron chi connectivity index (χ0n) is 10.6. The molecule has 0 fully saturated rings. The van der Waals surface area contributed by atoms with Crippen molar-refractivity contribution >= 4 is 34.5 Å². The van der Waals surface area contributed by atoms with Crippen molar-refractivity contribution < 1.29 is 9.53 Å². The van der Waals surface area contributed by atoms with Crippen LogP contribution in [0.2, 0.25) is 0 Å². The van der Waals surface area contributed by atoms with E-state index in [4.69, 9.17) is 16.3 Å². The number of hydrogen-bond donors (Lipinski definition) is 0. The fourth-order valence-corrected chi connectivity index (χ4v) is 2.84. The number of methoxy groups -OCH3 is 1. The Morgan fingerprint density at radius 2 is 2.24 bits per heavy atom. The number of halogens is 1. The lowest BCUT2D eigenvalue weighted by molar-refractivity contribution is -0.118. The fourth-order valence-electron chi connectivity index (χ4n) is 1.87. The molecular formula is C12H18ClNO2S. The Balaban J connectivity index is 3.19. The van der Waals surface area contributed by atoms with Crippen LogP contribution in [0.5, 0.6) is 0 Å². The first kappa shape index (κ1) is 14.5. The molecule has 0 aliphatic carbocycles. The molecule has 0 aromatic carbocycles. The van der Waals surface area contributed by atoms with Crippen LogP contribution >= 0.6 is 22.9 Å². The highest BCUT2D eigenvalue weighted by atomic mass is 35.5. The maximum atomic E-state index is 12.0. The van der Waals surface area contributed by atoms with Crippen LogP contribution in [-0.2, 0) is 9.53 Å².